The van der Waals surface area contributed by atoms with Crippen molar-refractivity contribution in [3.63, 3.8) is 0 Å². The highest BCUT2D eigenvalue weighted by atomic mass is 19.4. The van der Waals surface area contributed by atoms with Crippen molar-refractivity contribution < 1.29 is 60.1 Å². The number of piperidine rings is 1. The summed E-state index contributed by atoms with van der Waals surface area (Å²) in [6.07, 6.45) is -6.54. The Morgan fingerprint density at radius 2 is 1.55 bits per heavy atom. The summed E-state index contributed by atoms with van der Waals surface area (Å²) >= 11 is 0. The van der Waals surface area contributed by atoms with E-state index in [0.717, 1.165) is 49.7 Å². The molecular formula is C24H27F6N3O7. The predicted octanol–water partition coefficient (Wildman–Crippen LogP) is 3.64. The zero-order valence-corrected chi connectivity index (χ0v) is 21.2. The van der Waals surface area contributed by atoms with Gasteiger partial charge in [0.1, 0.15) is 18.1 Å². The van der Waals surface area contributed by atoms with Crippen LogP contribution in [0.2, 0.25) is 0 Å². The number of aliphatic carboxylic acids is 2. The van der Waals surface area contributed by atoms with Gasteiger partial charge >= 0.3 is 24.3 Å². The maximum Gasteiger partial charge on any atom is 0.490 e. The van der Waals surface area contributed by atoms with Crippen molar-refractivity contribution in [1.82, 2.24) is 14.8 Å². The lowest BCUT2D eigenvalue weighted by molar-refractivity contribution is -0.193. The van der Waals surface area contributed by atoms with E-state index in [1.165, 1.54) is 0 Å². The molecule has 2 N–H and O–H groups in total. The molecule has 2 aliphatic rings. The molecule has 4 heterocycles. The van der Waals surface area contributed by atoms with E-state index in [1.807, 2.05) is 42.2 Å². The summed E-state index contributed by atoms with van der Waals surface area (Å²) in [4.78, 5) is 38.7. The Bertz CT molecular complexity index is 1110. The van der Waals surface area contributed by atoms with Crippen LogP contribution in [0.25, 0.3) is 0 Å². The number of furan rings is 1. The van der Waals surface area contributed by atoms with Crippen LogP contribution in [0, 0.1) is 6.92 Å². The van der Waals surface area contributed by atoms with E-state index < -0.39 is 24.3 Å². The van der Waals surface area contributed by atoms with Gasteiger partial charge in [0.05, 0.1) is 30.9 Å². The van der Waals surface area contributed by atoms with Crippen LogP contribution in [-0.2, 0) is 32.2 Å². The number of amides is 1. The molecule has 0 atom stereocenters. The van der Waals surface area contributed by atoms with E-state index in [0.29, 0.717) is 13.1 Å². The standard InChI is InChI=1S/C20H25N3O3.2C2HF3O2/c1-16-5-6-18(26-16)13-22-10-7-20(8-11-22)15-23(19(24)14-25-20)12-17-4-2-3-9-21-17;2*3-2(4,5)1(6)7/h2-6,9H,7-8,10-15H2,1H3;2*(H,6,7). The van der Waals surface area contributed by atoms with Gasteiger partial charge in [-0.15, -0.1) is 0 Å². The monoisotopic (exact) mass is 583 g/mol. The topological polar surface area (TPSA) is 133 Å². The number of aromatic nitrogens is 1. The molecule has 0 saturated carbocycles. The summed E-state index contributed by atoms with van der Waals surface area (Å²) in [5.74, 6) is -3.50. The number of ether oxygens (including phenoxy) is 1. The van der Waals surface area contributed by atoms with E-state index in [1.54, 1.807) is 6.20 Å². The molecule has 10 nitrogen and oxygen atoms in total. The number of pyridine rings is 1. The van der Waals surface area contributed by atoms with Crippen LogP contribution in [0.15, 0.2) is 40.9 Å². The number of aryl methyl sites for hydroxylation is 1. The Morgan fingerprint density at radius 3 is 2.00 bits per heavy atom. The molecule has 2 saturated heterocycles. The van der Waals surface area contributed by atoms with Crippen LogP contribution in [0.3, 0.4) is 0 Å². The molecule has 16 heteroatoms. The first-order chi connectivity index (χ1) is 18.5. The predicted molar refractivity (Wildman–Crippen MR) is 124 cm³/mol. The summed E-state index contributed by atoms with van der Waals surface area (Å²) in [5, 5.41) is 14.2. The minimum atomic E-state index is -5.08. The van der Waals surface area contributed by atoms with Crippen LogP contribution in [0.1, 0.15) is 30.1 Å². The van der Waals surface area contributed by atoms with Crippen molar-refractivity contribution in [2.24, 2.45) is 0 Å². The maximum absolute atomic E-state index is 12.3. The zero-order valence-electron chi connectivity index (χ0n) is 21.2. The van der Waals surface area contributed by atoms with Gasteiger partial charge in [-0.3, -0.25) is 14.7 Å². The van der Waals surface area contributed by atoms with E-state index in [4.69, 9.17) is 29.0 Å². The van der Waals surface area contributed by atoms with Crippen LogP contribution in [0.5, 0.6) is 0 Å². The Balaban J connectivity index is 0.000000333. The van der Waals surface area contributed by atoms with Crippen molar-refractivity contribution in [2.45, 2.75) is 50.8 Å². The summed E-state index contributed by atoms with van der Waals surface area (Å²) in [6.45, 7) is 6.08. The quantitative estimate of drug-likeness (QED) is 0.518. The summed E-state index contributed by atoms with van der Waals surface area (Å²) in [5.41, 5.74) is 0.696. The average molecular weight is 583 g/mol. The molecule has 2 aromatic heterocycles. The number of nitrogens with zero attached hydrogens (tertiary/aromatic N) is 3. The molecule has 4 rings (SSSR count). The molecule has 0 aliphatic carbocycles. The van der Waals surface area contributed by atoms with Gasteiger partial charge in [-0.1, -0.05) is 6.07 Å². The number of rotatable bonds is 4. The number of carbonyl (C=O) groups excluding carboxylic acids is 1. The molecular weight excluding hydrogens is 556 g/mol. The highest BCUT2D eigenvalue weighted by molar-refractivity contribution is 5.78. The molecule has 2 aromatic rings. The number of morpholine rings is 1. The molecule has 0 bridgehead atoms. The van der Waals surface area contributed by atoms with E-state index in [-0.39, 0.29) is 18.1 Å². The summed E-state index contributed by atoms with van der Waals surface area (Å²) in [6, 6.07) is 9.86. The fraction of sp³-hybridized carbons (Fsp3) is 0.500. The minimum Gasteiger partial charge on any atom is -0.475 e. The molecule has 0 unspecified atom stereocenters. The van der Waals surface area contributed by atoms with Gasteiger partial charge in [0.15, 0.2) is 0 Å². The van der Waals surface area contributed by atoms with Crippen LogP contribution in [0.4, 0.5) is 26.3 Å². The number of carboxylic acids is 2. The van der Waals surface area contributed by atoms with Gasteiger partial charge < -0.3 is 24.3 Å². The van der Waals surface area contributed by atoms with Crippen molar-refractivity contribution in [2.75, 3.05) is 26.2 Å². The van der Waals surface area contributed by atoms with Crippen LogP contribution < -0.4 is 0 Å². The van der Waals surface area contributed by atoms with Gasteiger partial charge in [-0.25, -0.2) is 9.59 Å². The smallest absolute Gasteiger partial charge is 0.475 e. The second-order valence-electron chi connectivity index (χ2n) is 8.94. The van der Waals surface area contributed by atoms with Crippen molar-refractivity contribution in [3.8, 4) is 0 Å². The van der Waals surface area contributed by atoms with Gasteiger partial charge in [-0.2, -0.15) is 26.3 Å². The average Bonchev–Trinajstić information content (AvgIpc) is 3.28. The minimum absolute atomic E-state index is 0.0507. The third kappa shape index (κ3) is 10.5. The van der Waals surface area contributed by atoms with Crippen LogP contribution >= 0.6 is 0 Å². The number of halogens is 6. The lowest BCUT2D eigenvalue weighted by atomic mass is 9.89. The van der Waals surface area contributed by atoms with E-state index in [9.17, 15) is 31.1 Å². The molecule has 1 amide bonds. The first-order valence-electron chi connectivity index (χ1n) is 11.7. The van der Waals surface area contributed by atoms with Crippen molar-refractivity contribution in [1.29, 1.82) is 0 Å². The zero-order chi connectivity index (χ0) is 30.1. The normalized spacial score (nSPS) is 17.4. The third-order valence-electron chi connectivity index (χ3n) is 5.84. The summed E-state index contributed by atoms with van der Waals surface area (Å²) < 4.78 is 75.2. The van der Waals surface area contributed by atoms with Crippen molar-refractivity contribution >= 4 is 17.8 Å². The fourth-order valence-corrected chi connectivity index (χ4v) is 3.83. The lowest BCUT2D eigenvalue weighted by Gasteiger charge is -2.46. The number of hydrogen-bond donors (Lipinski definition) is 2. The van der Waals surface area contributed by atoms with Crippen molar-refractivity contribution in [3.05, 3.63) is 53.7 Å². The highest BCUT2D eigenvalue weighted by Crippen LogP contribution is 2.31. The number of hydrogen-bond acceptors (Lipinski definition) is 7. The van der Waals surface area contributed by atoms with E-state index in [2.05, 4.69) is 9.88 Å². The first kappa shape index (κ1) is 32.6. The Labute approximate surface area is 224 Å². The largest absolute Gasteiger partial charge is 0.490 e. The molecule has 40 heavy (non-hydrogen) atoms. The number of carbonyl (C=O) groups is 3. The van der Waals surface area contributed by atoms with E-state index >= 15 is 0 Å². The van der Waals surface area contributed by atoms with Gasteiger partial charge in [0.25, 0.3) is 0 Å². The molecule has 2 aliphatic heterocycles. The second-order valence-corrected chi connectivity index (χ2v) is 8.94. The van der Waals surface area contributed by atoms with Gasteiger partial charge in [0.2, 0.25) is 5.91 Å². The number of likely N-dealkylation sites (tertiary alicyclic amines) is 1. The Kier molecular flexibility index (Phi) is 11.1. The first-order valence-corrected chi connectivity index (χ1v) is 11.7. The third-order valence-corrected chi connectivity index (χ3v) is 5.84. The number of alkyl halides is 6. The highest BCUT2D eigenvalue weighted by Gasteiger charge is 2.42. The maximum atomic E-state index is 12.3. The Hall–Kier alpha value is -3.66. The van der Waals surface area contributed by atoms with Gasteiger partial charge in [-0.05, 0) is 44.0 Å². The Morgan fingerprint density at radius 1 is 0.975 bits per heavy atom. The lowest BCUT2D eigenvalue weighted by Crippen LogP contribution is -2.58. The molecule has 0 radical (unpaired) electrons. The number of carboxylic acid groups (broad SMARTS) is 2. The SMILES string of the molecule is Cc1ccc(CN2CCC3(CC2)CN(Cc2ccccn2)C(=O)CO3)o1.O=C(O)C(F)(F)F.O=C(O)C(F)(F)F. The molecule has 1 spiro atoms. The van der Waals surface area contributed by atoms with Gasteiger partial charge in [0, 0.05) is 19.3 Å². The second kappa shape index (κ2) is 13.6. The molecule has 2 fully saturated rings. The van der Waals surface area contributed by atoms with Crippen LogP contribution in [-0.4, -0.2) is 87.0 Å². The molecule has 222 valence electrons. The fourth-order valence-electron chi connectivity index (χ4n) is 3.83. The summed E-state index contributed by atoms with van der Waals surface area (Å²) in [7, 11) is 0. The molecule has 0 aromatic carbocycles.